The molecule has 3 heterocycles. The minimum absolute atomic E-state index is 0.0200. The minimum Gasteiger partial charge on any atom is -0.507 e. The smallest absolute Gasteiger partial charge is 0.312 e. The van der Waals surface area contributed by atoms with Gasteiger partial charge in [0.1, 0.15) is 34.0 Å². The van der Waals surface area contributed by atoms with Gasteiger partial charge in [-0.15, -0.1) is 0 Å². The molecule has 3 N–H and O–H groups in total. The van der Waals surface area contributed by atoms with Crippen LogP contribution in [0.5, 0.6) is 28.7 Å². The van der Waals surface area contributed by atoms with Crippen LogP contribution in [0.3, 0.4) is 0 Å². The van der Waals surface area contributed by atoms with Crippen LogP contribution in [0.2, 0.25) is 0 Å². The largest absolute Gasteiger partial charge is 0.507 e. The number of methoxy groups -OCH3 is 2. The first kappa shape index (κ1) is 24.1. The Hall–Kier alpha value is -5.25. The van der Waals surface area contributed by atoms with Crippen molar-refractivity contribution in [3.05, 3.63) is 86.3 Å². The Morgan fingerprint density at radius 2 is 1.74 bits per heavy atom. The molecule has 1 atom stereocenters. The van der Waals surface area contributed by atoms with Crippen molar-refractivity contribution in [1.29, 1.82) is 0 Å². The summed E-state index contributed by atoms with van der Waals surface area (Å²) in [6.07, 6.45) is -0.200. The molecule has 0 spiro atoms. The van der Waals surface area contributed by atoms with Gasteiger partial charge < -0.3 is 33.8 Å². The number of fused-ring (bicyclic) bond motifs is 4. The van der Waals surface area contributed by atoms with Gasteiger partial charge in [-0.2, -0.15) is 0 Å². The van der Waals surface area contributed by atoms with Crippen LogP contribution in [-0.4, -0.2) is 35.4 Å². The maximum Gasteiger partial charge on any atom is 0.312 e. The molecule has 0 aliphatic carbocycles. The third-order valence-corrected chi connectivity index (χ3v) is 6.85. The molecule has 0 saturated heterocycles. The summed E-state index contributed by atoms with van der Waals surface area (Å²) in [5.41, 5.74) is 0.412. The summed E-state index contributed by atoms with van der Waals surface area (Å²) >= 11 is 0. The molecular formula is C29H21NO9. The Morgan fingerprint density at radius 3 is 2.49 bits per heavy atom. The maximum absolute atomic E-state index is 13.3. The lowest BCUT2D eigenvalue weighted by Crippen LogP contribution is -2.26. The number of rotatable bonds is 4. The van der Waals surface area contributed by atoms with Crippen LogP contribution in [0.25, 0.3) is 33.2 Å². The van der Waals surface area contributed by atoms with Crippen molar-refractivity contribution >= 4 is 27.8 Å². The van der Waals surface area contributed by atoms with Crippen LogP contribution in [-0.2, 0) is 4.79 Å². The lowest BCUT2D eigenvalue weighted by molar-refractivity contribution is -0.135. The van der Waals surface area contributed by atoms with Gasteiger partial charge in [0.25, 0.3) is 5.56 Å². The van der Waals surface area contributed by atoms with E-state index >= 15 is 0 Å². The number of aromatic amines is 1. The van der Waals surface area contributed by atoms with E-state index in [1.54, 1.807) is 30.3 Å². The number of hydrogen-bond acceptors (Lipinski definition) is 9. The highest BCUT2D eigenvalue weighted by Gasteiger charge is 2.35. The molecule has 0 bridgehead atoms. The molecule has 0 amide bonds. The molecule has 1 aliphatic rings. The molecule has 0 unspecified atom stereocenters. The zero-order valence-corrected chi connectivity index (χ0v) is 20.7. The number of H-pyrrole nitrogens is 1. The van der Waals surface area contributed by atoms with Crippen molar-refractivity contribution in [2.24, 2.45) is 0 Å². The summed E-state index contributed by atoms with van der Waals surface area (Å²) in [6, 6.07) is 13.7. The predicted octanol–water partition coefficient (Wildman–Crippen LogP) is 4.17. The molecular weight excluding hydrogens is 506 g/mol. The summed E-state index contributed by atoms with van der Waals surface area (Å²) in [6.45, 7) is 0. The molecule has 10 nitrogen and oxygen atoms in total. The molecule has 0 saturated carbocycles. The summed E-state index contributed by atoms with van der Waals surface area (Å²) in [5.74, 6) is -1.19. The molecule has 1 aliphatic heterocycles. The van der Waals surface area contributed by atoms with E-state index in [9.17, 15) is 24.6 Å². The van der Waals surface area contributed by atoms with E-state index in [1.165, 1.54) is 38.5 Å². The van der Waals surface area contributed by atoms with Crippen molar-refractivity contribution < 1.29 is 33.6 Å². The number of phenolic OH excluding ortho intramolecular Hbond substituents is 2. The van der Waals surface area contributed by atoms with Crippen molar-refractivity contribution in [2.45, 2.75) is 12.3 Å². The Labute approximate surface area is 219 Å². The van der Waals surface area contributed by atoms with Crippen LogP contribution in [0.1, 0.15) is 23.5 Å². The molecule has 0 radical (unpaired) electrons. The molecule has 10 heteroatoms. The zero-order chi connectivity index (χ0) is 27.4. The number of aromatic hydroxyl groups is 2. The van der Waals surface area contributed by atoms with Crippen LogP contribution in [0.15, 0.2) is 68.6 Å². The number of nitrogens with one attached hydrogen (secondary N) is 1. The van der Waals surface area contributed by atoms with Crippen molar-refractivity contribution in [3.8, 4) is 40.1 Å². The van der Waals surface area contributed by atoms with Gasteiger partial charge >= 0.3 is 5.97 Å². The number of hydrogen-bond donors (Lipinski definition) is 3. The fourth-order valence-corrected chi connectivity index (χ4v) is 4.99. The Bertz CT molecular complexity index is 1940. The number of esters is 1. The third-order valence-electron chi connectivity index (χ3n) is 6.85. The molecule has 3 aromatic carbocycles. The first-order chi connectivity index (χ1) is 18.8. The van der Waals surface area contributed by atoms with E-state index < -0.39 is 28.6 Å². The van der Waals surface area contributed by atoms with Gasteiger partial charge in [-0.1, -0.05) is 0 Å². The maximum atomic E-state index is 13.3. The van der Waals surface area contributed by atoms with E-state index in [4.69, 9.17) is 18.6 Å². The van der Waals surface area contributed by atoms with Gasteiger partial charge in [0.2, 0.25) is 0 Å². The Kier molecular flexibility index (Phi) is 5.53. The highest BCUT2D eigenvalue weighted by atomic mass is 16.5. The second kappa shape index (κ2) is 8.95. The van der Waals surface area contributed by atoms with Crippen LogP contribution >= 0.6 is 0 Å². The number of carbonyl (C=O) groups excluding carboxylic acids is 1. The molecule has 0 fully saturated rings. The highest BCUT2D eigenvalue weighted by Crippen LogP contribution is 2.46. The lowest BCUT2D eigenvalue weighted by atomic mass is 9.85. The zero-order valence-electron chi connectivity index (χ0n) is 20.7. The summed E-state index contributed by atoms with van der Waals surface area (Å²) in [4.78, 5) is 41.9. The van der Waals surface area contributed by atoms with Gasteiger partial charge in [-0.05, 0) is 41.8 Å². The Morgan fingerprint density at radius 1 is 0.923 bits per heavy atom. The van der Waals surface area contributed by atoms with Crippen LogP contribution < -0.4 is 25.2 Å². The van der Waals surface area contributed by atoms with Gasteiger partial charge in [0, 0.05) is 40.8 Å². The van der Waals surface area contributed by atoms with Crippen LogP contribution in [0.4, 0.5) is 0 Å². The van der Waals surface area contributed by atoms with E-state index in [2.05, 4.69) is 4.98 Å². The number of benzene rings is 3. The standard InChI is InChI=1S/C29H21NO9/c1-36-15-5-3-13-7-17(29(35)30-18(13)9-15)16-10-25(34)38-24-12-21(33)27-20(32)11-23(39-28(27)26(16)24)14-4-6-22(37-2)19(31)8-14/h3-9,11-12,16,31,33H,10H2,1-2H3,(H,30,35)/t16-/m1/s1. The quantitative estimate of drug-likeness (QED) is 0.231. The normalized spacial score (nSPS) is 14.7. The van der Waals surface area contributed by atoms with Crippen molar-refractivity contribution in [2.75, 3.05) is 14.2 Å². The number of aromatic nitrogens is 1. The third kappa shape index (κ3) is 3.93. The van der Waals surface area contributed by atoms with Gasteiger partial charge in [-0.3, -0.25) is 14.4 Å². The number of phenols is 2. The average molecular weight is 527 g/mol. The first-order valence-corrected chi connectivity index (χ1v) is 11.9. The van der Waals surface area contributed by atoms with E-state index in [0.29, 0.717) is 22.2 Å². The molecule has 39 heavy (non-hydrogen) atoms. The SMILES string of the molecule is COc1ccc2cc([C@H]3CC(=O)Oc4cc(O)c5c(=O)cc(-c6ccc(OC)c(O)c6)oc5c43)c(=O)[nH]c2c1. The van der Waals surface area contributed by atoms with Crippen molar-refractivity contribution in [3.63, 3.8) is 0 Å². The van der Waals surface area contributed by atoms with E-state index in [1.807, 2.05) is 0 Å². The monoisotopic (exact) mass is 527 g/mol. The molecule has 5 aromatic rings. The van der Waals surface area contributed by atoms with E-state index in [-0.39, 0.29) is 51.5 Å². The highest BCUT2D eigenvalue weighted by molar-refractivity contribution is 5.93. The van der Waals surface area contributed by atoms with Gasteiger partial charge in [0.05, 0.1) is 26.2 Å². The first-order valence-electron chi connectivity index (χ1n) is 11.9. The molecule has 2 aromatic heterocycles. The summed E-state index contributed by atoms with van der Waals surface area (Å²) < 4.78 is 21.9. The van der Waals surface area contributed by atoms with Gasteiger partial charge in [-0.25, -0.2) is 0 Å². The minimum atomic E-state index is -0.845. The fraction of sp³-hybridized carbons (Fsp3) is 0.138. The van der Waals surface area contributed by atoms with Crippen LogP contribution in [0, 0.1) is 0 Å². The van der Waals surface area contributed by atoms with E-state index in [0.717, 1.165) is 0 Å². The summed E-state index contributed by atoms with van der Waals surface area (Å²) in [5, 5.41) is 21.5. The lowest BCUT2D eigenvalue weighted by Gasteiger charge is -2.25. The predicted molar refractivity (Wildman–Crippen MR) is 141 cm³/mol. The number of ether oxygens (including phenoxy) is 3. The van der Waals surface area contributed by atoms with Crippen molar-refractivity contribution in [1.82, 2.24) is 4.98 Å². The topological polar surface area (TPSA) is 148 Å². The second-order valence-electron chi connectivity index (χ2n) is 9.11. The summed E-state index contributed by atoms with van der Waals surface area (Å²) in [7, 11) is 2.93. The molecule has 6 rings (SSSR count). The average Bonchev–Trinajstić information content (AvgIpc) is 2.91. The molecule has 196 valence electrons. The van der Waals surface area contributed by atoms with Gasteiger partial charge in [0.15, 0.2) is 16.9 Å². The number of carbonyl (C=O) groups is 1. The number of pyridine rings is 1. The fourth-order valence-electron chi connectivity index (χ4n) is 4.99. The Balaban J connectivity index is 1.62. The second-order valence-corrected chi connectivity index (χ2v) is 9.11.